The zero-order valence-electron chi connectivity index (χ0n) is 12.8. The molecule has 2 rings (SSSR count). The molecule has 0 unspecified atom stereocenters. The highest BCUT2D eigenvalue weighted by atomic mass is 79.9. The van der Waals surface area contributed by atoms with E-state index in [-0.39, 0.29) is 0 Å². The molecule has 0 aliphatic heterocycles. The molecule has 0 bridgehead atoms. The molecule has 0 aromatic heterocycles. The Morgan fingerprint density at radius 2 is 1.67 bits per heavy atom. The molecule has 0 atom stereocenters. The van der Waals surface area contributed by atoms with Crippen molar-refractivity contribution >= 4 is 21.6 Å². The van der Waals surface area contributed by atoms with Crippen LogP contribution < -0.4 is 14.8 Å². The molecule has 0 spiro atoms. The number of hydrogen-bond acceptors (Lipinski definition) is 3. The lowest BCUT2D eigenvalue weighted by atomic mass is 10.1. The van der Waals surface area contributed by atoms with Gasteiger partial charge in [0.15, 0.2) is 0 Å². The van der Waals surface area contributed by atoms with Crippen molar-refractivity contribution in [1.29, 1.82) is 0 Å². The lowest BCUT2D eigenvalue weighted by Crippen LogP contribution is -2.03. The predicted octanol–water partition coefficient (Wildman–Crippen LogP) is 4.70. The van der Waals surface area contributed by atoms with Crippen molar-refractivity contribution in [2.24, 2.45) is 0 Å². The number of methoxy groups -OCH3 is 2. The van der Waals surface area contributed by atoms with E-state index >= 15 is 0 Å². The van der Waals surface area contributed by atoms with Gasteiger partial charge >= 0.3 is 0 Å². The molecule has 0 saturated carbocycles. The van der Waals surface area contributed by atoms with E-state index in [1.165, 1.54) is 11.1 Å². The summed E-state index contributed by atoms with van der Waals surface area (Å²) in [5.41, 5.74) is 4.60. The second kappa shape index (κ2) is 6.85. The normalized spacial score (nSPS) is 10.3. The van der Waals surface area contributed by atoms with E-state index in [0.29, 0.717) is 6.54 Å². The maximum Gasteiger partial charge on any atom is 0.124 e. The molecule has 0 amide bonds. The van der Waals surface area contributed by atoms with Crippen molar-refractivity contribution in [3.63, 3.8) is 0 Å². The molecule has 2 aromatic carbocycles. The van der Waals surface area contributed by atoms with Crippen LogP contribution in [0.2, 0.25) is 0 Å². The minimum absolute atomic E-state index is 0.681. The van der Waals surface area contributed by atoms with Gasteiger partial charge in [-0.25, -0.2) is 0 Å². The van der Waals surface area contributed by atoms with E-state index in [4.69, 9.17) is 9.47 Å². The van der Waals surface area contributed by atoms with Gasteiger partial charge in [0.2, 0.25) is 0 Å². The van der Waals surface area contributed by atoms with Crippen molar-refractivity contribution in [1.82, 2.24) is 0 Å². The van der Waals surface area contributed by atoms with Gasteiger partial charge in [0.05, 0.1) is 14.2 Å². The molecular weight excluding hydrogens is 330 g/mol. The van der Waals surface area contributed by atoms with Crippen LogP contribution in [0.3, 0.4) is 0 Å². The zero-order valence-corrected chi connectivity index (χ0v) is 14.4. The second-order valence-corrected chi connectivity index (χ2v) is 5.75. The van der Waals surface area contributed by atoms with Crippen molar-refractivity contribution in [2.45, 2.75) is 20.4 Å². The average molecular weight is 350 g/mol. The van der Waals surface area contributed by atoms with Gasteiger partial charge in [0, 0.05) is 22.3 Å². The van der Waals surface area contributed by atoms with Gasteiger partial charge in [-0.2, -0.15) is 0 Å². The Morgan fingerprint density at radius 1 is 1.00 bits per heavy atom. The SMILES string of the molecule is COc1ccc(OC)c(CNc2cc(C)c(Br)c(C)c2)c1. The highest BCUT2D eigenvalue weighted by Gasteiger charge is 2.06. The first kappa shape index (κ1) is 15.7. The summed E-state index contributed by atoms with van der Waals surface area (Å²) < 4.78 is 11.8. The third-order valence-corrected chi connectivity index (χ3v) is 4.66. The van der Waals surface area contributed by atoms with Crippen molar-refractivity contribution < 1.29 is 9.47 Å². The minimum Gasteiger partial charge on any atom is -0.497 e. The Balaban J connectivity index is 2.19. The number of anilines is 1. The maximum atomic E-state index is 5.40. The third-order valence-electron chi connectivity index (χ3n) is 3.41. The van der Waals surface area contributed by atoms with Gasteiger partial charge in [-0.05, 0) is 55.3 Å². The van der Waals surface area contributed by atoms with Crippen molar-refractivity contribution in [3.05, 3.63) is 51.5 Å². The first-order valence-corrected chi connectivity index (χ1v) is 7.56. The fourth-order valence-corrected chi connectivity index (χ4v) is 2.49. The standard InChI is InChI=1S/C17H20BrNO2/c1-11-7-14(8-12(2)17(11)18)19-10-13-9-15(20-3)5-6-16(13)21-4/h5-9,19H,10H2,1-4H3. The summed E-state index contributed by atoms with van der Waals surface area (Å²) in [5.74, 6) is 1.68. The Kier molecular flexibility index (Phi) is 5.12. The smallest absolute Gasteiger partial charge is 0.124 e. The van der Waals surface area contributed by atoms with E-state index in [1.807, 2.05) is 18.2 Å². The fourth-order valence-electron chi connectivity index (χ4n) is 2.27. The van der Waals surface area contributed by atoms with Crippen LogP contribution in [0.25, 0.3) is 0 Å². The monoisotopic (exact) mass is 349 g/mol. The molecule has 1 N–H and O–H groups in total. The molecule has 0 saturated heterocycles. The Hall–Kier alpha value is -1.68. The van der Waals surface area contributed by atoms with Crippen molar-refractivity contribution in [3.8, 4) is 11.5 Å². The van der Waals surface area contributed by atoms with Gasteiger partial charge in [0.1, 0.15) is 11.5 Å². The molecule has 2 aromatic rings. The van der Waals surface area contributed by atoms with Crippen LogP contribution in [0.1, 0.15) is 16.7 Å². The molecule has 4 heteroatoms. The van der Waals surface area contributed by atoms with E-state index in [0.717, 1.165) is 27.2 Å². The number of hydrogen-bond donors (Lipinski definition) is 1. The largest absolute Gasteiger partial charge is 0.497 e. The summed E-state index contributed by atoms with van der Waals surface area (Å²) >= 11 is 3.59. The number of nitrogens with one attached hydrogen (secondary N) is 1. The molecule has 21 heavy (non-hydrogen) atoms. The van der Waals surface area contributed by atoms with E-state index in [1.54, 1.807) is 14.2 Å². The van der Waals surface area contributed by atoms with Crippen LogP contribution in [0, 0.1) is 13.8 Å². The van der Waals surface area contributed by atoms with Gasteiger partial charge < -0.3 is 14.8 Å². The van der Waals surface area contributed by atoms with Gasteiger partial charge in [0.25, 0.3) is 0 Å². The lowest BCUT2D eigenvalue weighted by molar-refractivity contribution is 0.399. The third kappa shape index (κ3) is 3.70. The Morgan fingerprint density at radius 3 is 2.24 bits per heavy atom. The quantitative estimate of drug-likeness (QED) is 0.848. The van der Waals surface area contributed by atoms with E-state index in [2.05, 4.69) is 47.2 Å². The zero-order chi connectivity index (χ0) is 15.4. The number of rotatable bonds is 5. The van der Waals surface area contributed by atoms with Gasteiger partial charge in [-0.1, -0.05) is 15.9 Å². The molecule has 0 radical (unpaired) electrons. The predicted molar refractivity (Wildman–Crippen MR) is 90.5 cm³/mol. The highest BCUT2D eigenvalue weighted by molar-refractivity contribution is 9.10. The number of halogens is 1. The van der Waals surface area contributed by atoms with Crippen LogP contribution in [0.15, 0.2) is 34.8 Å². The van der Waals surface area contributed by atoms with Crippen LogP contribution in [0.5, 0.6) is 11.5 Å². The fraction of sp³-hybridized carbons (Fsp3) is 0.294. The number of benzene rings is 2. The molecule has 0 fully saturated rings. The molecule has 0 aliphatic carbocycles. The summed E-state index contributed by atoms with van der Waals surface area (Å²) in [6, 6.07) is 10.1. The molecule has 0 heterocycles. The maximum absolute atomic E-state index is 5.40. The van der Waals surface area contributed by atoms with E-state index in [9.17, 15) is 0 Å². The van der Waals surface area contributed by atoms with Gasteiger partial charge in [-0.15, -0.1) is 0 Å². The van der Waals surface area contributed by atoms with Crippen LogP contribution in [-0.2, 0) is 6.54 Å². The summed E-state index contributed by atoms with van der Waals surface area (Å²) in [4.78, 5) is 0. The lowest BCUT2D eigenvalue weighted by Gasteiger charge is -2.14. The summed E-state index contributed by atoms with van der Waals surface area (Å²) in [6.07, 6.45) is 0. The summed E-state index contributed by atoms with van der Waals surface area (Å²) in [5, 5.41) is 3.44. The molecule has 112 valence electrons. The first-order valence-electron chi connectivity index (χ1n) is 6.76. The highest BCUT2D eigenvalue weighted by Crippen LogP contribution is 2.27. The van der Waals surface area contributed by atoms with Crippen LogP contribution >= 0.6 is 15.9 Å². The molecular formula is C17H20BrNO2. The van der Waals surface area contributed by atoms with Crippen LogP contribution in [0.4, 0.5) is 5.69 Å². The van der Waals surface area contributed by atoms with E-state index < -0.39 is 0 Å². The minimum atomic E-state index is 0.681. The van der Waals surface area contributed by atoms with Gasteiger partial charge in [-0.3, -0.25) is 0 Å². The summed E-state index contributed by atoms with van der Waals surface area (Å²) in [7, 11) is 3.35. The number of aryl methyl sites for hydroxylation is 2. The molecule has 3 nitrogen and oxygen atoms in total. The first-order chi connectivity index (χ1) is 10.0. The summed E-state index contributed by atoms with van der Waals surface area (Å²) in [6.45, 7) is 4.86. The Labute approximate surface area is 134 Å². The van der Waals surface area contributed by atoms with Crippen molar-refractivity contribution in [2.75, 3.05) is 19.5 Å². The second-order valence-electron chi connectivity index (χ2n) is 4.96. The topological polar surface area (TPSA) is 30.5 Å². The Bertz CT molecular complexity index is 618. The average Bonchev–Trinajstić information content (AvgIpc) is 2.50. The number of ether oxygens (including phenoxy) is 2. The van der Waals surface area contributed by atoms with Crippen LogP contribution in [-0.4, -0.2) is 14.2 Å². The molecule has 0 aliphatic rings.